The maximum absolute atomic E-state index is 14.3. The summed E-state index contributed by atoms with van der Waals surface area (Å²) in [6.45, 7) is 5.91. The molecule has 0 radical (unpaired) electrons. The SMILES string of the molecule is Cc1ncc(-c2cc3c(cc2C(F)F)N(c2nn(C4CCOCC4)c4c2CNCC4)CCC3)s1. The van der Waals surface area contributed by atoms with E-state index in [-0.39, 0.29) is 5.56 Å². The lowest BCUT2D eigenvalue weighted by atomic mass is 9.94. The average molecular weight is 486 g/mol. The third-order valence-corrected chi connectivity index (χ3v) is 8.17. The summed E-state index contributed by atoms with van der Waals surface area (Å²) in [4.78, 5) is 7.29. The van der Waals surface area contributed by atoms with Gasteiger partial charge in [-0.2, -0.15) is 5.10 Å². The molecule has 0 aliphatic carbocycles. The van der Waals surface area contributed by atoms with Gasteiger partial charge in [0.15, 0.2) is 5.82 Å². The molecule has 0 saturated carbocycles. The number of nitrogens with one attached hydrogen (secondary N) is 1. The van der Waals surface area contributed by atoms with Gasteiger partial charge < -0.3 is 15.0 Å². The number of hydrogen-bond acceptors (Lipinski definition) is 6. The summed E-state index contributed by atoms with van der Waals surface area (Å²) < 4.78 is 36.3. The zero-order chi connectivity index (χ0) is 23.2. The zero-order valence-corrected chi connectivity index (χ0v) is 20.1. The van der Waals surface area contributed by atoms with Crippen molar-refractivity contribution in [3.05, 3.63) is 45.7 Å². The fourth-order valence-electron chi connectivity index (χ4n) is 5.55. The van der Waals surface area contributed by atoms with Crippen molar-refractivity contribution in [1.82, 2.24) is 20.1 Å². The second-order valence-corrected chi connectivity index (χ2v) is 10.6. The lowest BCUT2D eigenvalue weighted by Gasteiger charge is -2.32. The van der Waals surface area contributed by atoms with E-state index in [0.717, 1.165) is 91.9 Å². The topological polar surface area (TPSA) is 55.2 Å². The molecule has 6 rings (SSSR count). The largest absolute Gasteiger partial charge is 0.381 e. The van der Waals surface area contributed by atoms with Crippen molar-refractivity contribution in [3.8, 4) is 10.4 Å². The van der Waals surface area contributed by atoms with Gasteiger partial charge in [0.2, 0.25) is 0 Å². The molecule has 0 bridgehead atoms. The summed E-state index contributed by atoms with van der Waals surface area (Å²) in [5.41, 5.74) is 5.17. The number of nitrogens with zero attached hydrogens (tertiary/aromatic N) is 4. The molecule has 3 aliphatic heterocycles. The van der Waals surface area contributed by atoms with E-state index in [0.29, 0.717) is 11.6 Å². The lowest BCUT2D eigenvalue weighted by Crippen LogP contribution is -2.29. The Hall–Kier alpha value is -2.36. The highest BCUT2D eigenvalue weighted by molar-refractivity contribution is 7.15. The van der Waals surface area contributed by atoms with Crippen molar-refractivity contribution < 1.29 is 13.5 Å². The second kappa shape index (κ2) is 9.02. The van der Waals surface area contributed by atoms with Crippen LogP contribution in [-0.4, -0.2) is 41.1 Å². The highest BCUT2D eigenvalue weighted by atomic mass is 32.1. The zero-order valence-electron chi connectivity index (χ0n) is 19.3. The van der Waals surface area contributed by atoms with Gasteiger partial charge in [-0.05, 0) is 50.3 Å². The van der Waals surface area contributed by atoms with Crippen LogP contribution in [-0.2, 0) is 24.1 Å². The number of halogens is 2. The van der Waals surface area contributed by atoms with Crippen molar-refractivity contribution in [3.63, 3.8) is 0 Å². The summed E-state index contributed by atoms with van der Waals surface area (Å²) in [6, 6.07) is 4.02. The number of alkyl halides is 2. The lowest BCUT2D eigenvalue weighted by molar-refractivity contribution is 0.0653. The molecular weight excluding hydrogens is 456 g/mol. The number of hydrogen-bond donors (Lipinski definition) is 1. The van der Waals surface area contributed by atoms with Crippen molar-refractivity contribution in [2.24, 2.45) is 0 Å². The van der Waals surface area contributed by atoms with Crippen LogP contribution in [0.25, 0.3) is 10.4 Å². The molecule has 1 saturated heterocycles. The number of anilines is 2. The molecular formula is C25H29F2N5OS. The number of rotatable bonds is 4. The summed E-state index contributed by atoms with van der Waals surface area (Å²) >= 11 is 1.47. The second-order valence-electron chi connectivity index (χ2n) is 9.33. The Labute approximate surface area is 201 Å². The van der Waals surface area contributed by atoms with Crippen LogP contribution in [0.1, 0.15) is 59.1 Å². The molecule has 2 aromatic heterocycles. The highest BCUT2D eigenvalue weighted by Crippen LogP contribution is 2.44. The van der Waals surface area contributed by atoms with Gasteiger partial charge in [-0.1, -0.05) is 0 Å². The van der Waals surface area contributed by atoms with Crippen LogP contribution in [0.5, 0.6) is 0 Å². The van der Waals surface area contributed by atoms with E-state index < -0.39 is 6.43 Å². The third-order valence-electron chi connectivity index (χ3n) is 7.22. The number of aryl methyl sites for hydroxylation is 2. The van der Waals surface area contributed by atoms with Crippen molar-refractivity contribution in [2.75, 3.05) is 31.2 Å². The molecule has 34 heavy (non-hydrogen) atoms. The van der Waals surface area contributed by atoms with Crippen LogP contribution < -0.4 is 10.2 Å². The molecule has 1 N–H and O–H groups in total. The molecule has 9 heteroatoms. The van der Waals surface area contributed by atoms with Crippen molar-refractivity contribution >= 4 is 22.8 Å². The number of benzene rings is 1. The average Bonchev–Trinajstić information content (AvgIpc) is 3.47. The normalized spacial score (nSPS) is 18.9. The van der Waals surface area contributed by atoms with Crippen molar-refractivity contribution in [1.29, 1.82) is 0 Å². The molecule has 180 valence electrons. The van der Waals surface area contributed by atoms with Gasteiger partial charge in [0.05, 0.1) is 15.9 Å². The summed E-state index contributed by atoms with van der Waals surface area (Å²) in [5.74, 6) is 0.927. The van der Waals surface area contributed by atoms with Gasteiger partial charge in [0, 0.05) is 73.5 Å². The molecule has 3 aliphatic rings. The summed E-state index contributed by atoms with van der Waals surface area (Å²) in [7, 11) is 0. The molecule has 0 atom stereocenters. The monoisotopic (exact) mass is 485 g/mol. The van der Waals surface area contributed by atoms with Crippen LogP contribution in [0.4, 0.5) is 20.3 Å². The van der Waals surface area contributed by atoms with E-state index in [4.69, 9.17) is 9.84 Å². The maximum Gasteiger partial charge on any atom is 0.264 e. The fraction of sp³-hybridized carbons (Fsp3) is 0.520. The van der Waals surface area contributed by atoms with Crippen LogP contribution >= 0.6 is 11.3 Å². The minimum atomic E-state index is -2.55. The molecule has 6 nitrogen and oxygen atoms in total. The Morgan fingerprint density at radius 1 is 1.21 bits per heavy atom. The molecule has 1 fully saturated rings. The Kier molecular flexibility index (Phi) is 5.87. The number of aromatic nitrogens is 3. The van der Waals surface area contributed by atoms with E-state index in [1.54, 1.807) is 12.3 Å². The van der Waals surface area contributed by atoms with Crippen LogP contribution in [0.2, 0.25) is 0 Å². The van der Waals surface area contributed by atoms with E-state index in [1.165, 1.54) is 22.6 Å². The predicted octanol–water partition coefficient (Wildman–Crippen LogP) is 5.33. The third kappa shape index (κ3) is 3.83. The Balaban J connectivity index is 1.46. The number of fused-ring (bicyclic) bond motifs is 2. The van der Waals surface area contributed by atoms with Gasteiger partial charge >= 0.3 is 0 Å². The van der Waals surface area contributed by atoms with Crippen LogP contribution in [0.3, 0.4) is 0 Å². The van der Waals surface area contributed by atoms with E-state index in [9.17, 15) is 8.78 Å². The Bertz CT molecular complexity index is 1200. The molecule has 0 amide bonds. The Morgan fingerprint density at radius 3 is 2.82 bits per heavy atom. The van der Waals surface area contributed by atoms with Crippen molar-refractivity contribution in [2.45, 2.75) is 58.0 Å². The smallest absolute Gasteiger partial charge is 0.264 e. The first-order valence-corrected chi connectivity index (χ1v) is 13.0. The van der Waals surface area contributed by atoms with E-state index >= 15 is 0 Å². The molecule has 0 spiro atoms. The molecule has 0 unspecified atom stereocenters. The van der Waals surface area contributed by atoms with Gasteiger partial charge in [0.25, 0.3) is 6.43 Å². The maximum atomic E-state index is 14.3. The van der Waals surface area contributed by atoms with Gasteiger partial charge in [-0.25, -0.2) is 13.8 Å². The first-order valence-electron chi connectivity index (χ1n) is 12.1. The first kappa shape index (κ1) is 22.1. The minimum absolute atomic E-state index is 0.0742. The summed E-state index contributed by atoms with van der Waals surface area (Å²) in [6.07, 6.45) is 3.87. The fourth-order valence-corrected chi connectivity index (χ4v) is 6.37. The first-order chi connectivity index (χ1) is 16.6. The van der Waals surface area contributed by atoms with Crippen LogP contribution in [0.15, 0.2) is 18.3 Å². The summed E-state index contributed by atoms with van der Waals surface area (Å²) in [5, 5.41) is 9.52. The predicted molar refractivity (Wildman–Crippen MR) is 129 cm³/mol. The van der Waals surface area contributed by atoms with Gasteiger partial charge in [-0.15, -0.1) is 11.3 Å². The van der Waals surface area contributed by atoms with Gasteiger partial charge in [0.1, 0.15) is 0 Å². The highest BCUT2D eigenvalue weighted by Gasteiger charge is 2.32. The van der Waals surface area contributed by atoms with E-state index in [2.05, 4.69) is 19.9 Å². The van der Waals surface area contributed by atoms with Crippen LogP contribution in [0, 0.1) is 6.92 Å². The molecule has 5 heterocycles. The van der Waals surface area contributed by atoms with Gasteiger partial charge in [-0.3, -0.25) is 4.68 Å². The quantitative estimate of drug-likeness (QED) is 0.541. The number of ether oxygens (including phenoxy) is 1. The molecule has 3 aromatic rings. The Morgan fingerprint density at radius 2 is 2.06 bits per heavy atom. The molecule has 1 aromatic carbocycles. The number of thiazole rings is 1. The minimum Gasteiger partial charge on any atom is -0.381 e. The standard InChI is InChI=1S/C25H29F2N5OS/c1-15-29-14-23(34-15)18-11-16-3-2-8-31(22(16)12-19(18)24(26)27)25-20-13-28-7-4-21(20)32(30-25)17-5-9-33-10-6-17/h11-12,14,17,24,28H,2-10,13H2,1H3. The van der Waals surface area contributed by atoms with E-state index in [1.807, 2.05) is 13.0 Å².